The highest BCUT2D eigenvalue weighted by molar-refractivity contribution is 5.79. The molecule has 0 spiro atoms. The maximum absolute atomic E-state index is 4.28. The van der Waals surface area contributed by atoms with Crippen molar-refractivity contribution in [1.29, 1.82) is 0 Å². The van der Waals surface area contributed by atoms with Crippen LogP contribution in [0.2, 0.25) is 0 Å². The Labute approximate surface area is 83.0 Å². The topological polar surface area (TPSA) is 25.8 Å². The van der Waals surface area contributed by atoms with E-state index in [4.69, 9.17) is 0 Å². The van der Waals surface area contributed by atoms with Crippen molar-refractivity contribution in [2.75, 3.05) is 0 Å². The Morgan fingerprint density at radius 3 is 2.64 bits per heavy atom. The average molecular weight is 184 g/mol. The van der Waals surface area contributed by atoms with E-state index in [2.05, 4.69) is 22.1 Å². The molecule has 1 aromatic heterocycles. The van der Waals surface area contributed by atoms with Crippen molar-refractivity contribution in [3.8, 4) is 0 Å². The number of nitrogens with zero attached hydrogens (tertiary/aromatic N) is 2. The average Bonchev–Trinajstić information content (AvgIpc) is 2.26. The van der Waals surface area contributed by atoms with Crippen LogP contribution < -0.4 is 0 Å². The van der Waals surface area contributed by atoms with Crippen LogP contribution in [-0.2, 0) is 12.8 Å². The number of hydrogen-bond acceptors (Lipinski definition) is 2. The van der Waals surface area contributed by atoms with Gasteiger partial charge in [0.05, 0.1) is 5.52 Å². The van der Waals surface area contributed by atoms with Crippen molar-refractivity contribution in [1.82, 2.24) is 9.97 Å². The third kappa shape index (κ3) is 1.18. The minimum absolute atomic E-state index is 1.08. The Kier molecular flexibility index (Phi) is 1.72. The number of hydrogen-bond donors (Lipinski definition) is 0. The second-order valence-electron chi connectivity index (χ2n) is 3.91. The van der Waals surface area contributed by atoms with Crippen LogP contribution in [0.15, 0.2) is 24.7 Å². The van der Waals surface area contributed by atoms with Crippen LogP contribution in [0.3, 0.4) is 0 Å². The van der Waals surface area contributed by atoms with Crippen LogP contribution >= 0.6 is 0 Å². The number of aryl methyl sites for hydroxylation is 2. The molecule has 1 aliphatic rings. The highest BCUT2D eigenvalue weighted by atomic mass is 14.8. The molecule has 0 N–H and O–H groups in total. The zero-order valence-corrected chi connectivity index (χ0v) is 8.03. The van der Waals surface area contributed by atoms with Gasteiger partial charge in [0.1, 0.15) is 6.33 Å². The van der Waals surface area contributed by atoms with Crippen molar-refractivity contribution in [2.45, 2.75) is 25.7 Å². The maximum Gasteiger partial charge on any atom is 0.116 e. The fraction of sp³-hybridized carbons (Fsp3) is 0.333. The third-order valence-electron chi connectivity index (χ3n) is 2.97. The Balaban J connectivity index is 2.27. The summed E-state index contributed by atoms with van der Waals surface area (Å²) in [7, 11) is 0. The van der Waals surface area contributed by atoms with Crippen LogP contribution in [0.25, 0.3) is 10.9 Å². The first-order chi connectivity index (χ1) is 6.93. The van der Waals surface area contributed by atoms with E-state index >= 15 is 0 Å². The van der Waals surface area contributed by atoms with Gasteiger partial charge in [-0.2, -0.15) is 0 Å². The van der Waals surface area contributed by atoms with Crippen LogP contribution in [0.5, 0.6) is 0 Å². The summed E-state index contributed by atoms with van der Waals surface area (Å²) in [5.41, 5.74) is 4.07. The Bertz CT molecular complexity index is 432. The van der Waals surface area contributed by atoms with Gasteiger partial charge in [-0.1, -0.05) is 0 Å². The van der Waals surface area contributed by atoms with E-state index in [1.807, 2.05) is 6.20 Å². The molecule has 0 radical (unpaired) electrons. The van der Waals surface area contributed by atoms with Gasteiger partial charge in [-0.3, -0.25) is 0 Å². The maximum atomic E-state index is 4.28. The highest BCUT2D eigenvalue weighted by Gasteiger charge is 2.10. The SMILES string of the molecule is c1ncc2cc3c(cc2n1)CCCC3. The quantitative estimate of drug-likeness (QED) is 0.628. The summed E-state index contributed by atoms with van der Waals surface area (Å²) in [4.78, 5) is 8.33. The van der Waals surface area contributed by atoms with Crippen molar-refractivity contribution >= 4 is 10.9 Å². The molecule has 1 aliphatic carbocycles. The molecule has 0 amide bonds. The lowest BCUT2D eigenvalue weighted by atomic mass is 9.91. The molecule has 2 nitrogen and oxygen atoms in total. The van der Waals surface area contributed by atoms with Crippen molar-refractivity contribution < 1.29 is 0 Å². The molecule has 0 saturated carbocycles. The van der Waals surface area contributed by atoms with Gasteiger partial charge in [-0.05, 0) is 48.9 Å². The van der Waals surface area contributed by atoms with E-state index in [9.17, 15) is 0 Å². The van der Waals surface area contributed by atoms with E-state index in [0.29, 0.717) is 0 Å². The fourth-order valence-corrected chi connectivity index (χ4v) is 2.22. The molecule has 0 unspecified atom stereocenters. The van der Waals surface area contributed by atoms with Crippen molar-refractivity contribution in [3.05, 3.63) is 35.8 Å². The summed E-state index contributed by atoms with van der Waals surface area (Å²) in [5.74, 6) is 0. The Hall–Kier alpha value is -1.44. The first-order valence-corrected chi connectivity index (χ1v) is 5.15. The number of benzene rings is 1. The van der Waals surface area contributed by atoms with Gasteiger partial charge in [-0.15, -0.1) is 0 Å². The highest BCUT2D eigenvalue weighted by Crippen LogP contribution is 2.24. The molecule has 0 saturated heterocycles. The van der Waals surface area contributed by atoms with Crippen LogP contribution in [0.1, 0.15) is 24.0 Å². The van der Waals surface area contributed by atoms with Crippen molar-refractivity contribution in [3.63, 3.8) is 0 Å². The van der Waals surface area contributed by atoms with Crippen molar-refractivity contribution in [2.24, 2.45) is 0 Å². The normalized spacial score (nSPS) is 15.4. The zero-order chi connectivity index (χ0) is 9.38. The molecule has 1 aromatic carbocycles. The molecule has 14 heavy (non-hydrogen) atoms. The Morgan fingerprint density at radius 1 is 1.00 bits per heavy atom. The standard InChI is InChI=1S/C12H12N2/c1-2-4-10-6-12-11(5-9(10)3-1)7-13-8-14-12/h5-8H,1-4H2. The lowest BCUT2D eigenvalue weighted by Crippen LogP contribution is -2.02. The summed E-state index contributed by atoms with van der Waals surface area (Å²) in [5, 5.41) is 1.17. The second kappa shape index (κ2) is 3.05. The fourth-order valence-electron chi connectivity index (χ4n) is 2.22. The van der Waals surface area contributed by atoms with Crippen LogP contribution in [0.4, 0.5) is 0 Å². The molecule has 2 heteroatoms. The summed E-state index contributed by atoms with van der Waals surface area (Å²) in [6.07, 6.45) is 8.61. The predicted octanol–water partition coefficient (Wildman–Crippen LogP) is 2.51. The zero-order valence-electron chi connectivity index (χ0n) is 8.03. The number of fused-ring (bicyclic) bond motifs is 2. The molecular weight excluding hydrogens is 172 g/mol. The largest absolute Gasteiger partial charge is 0.244 e. The van der Waals surface area contributed by atoms with Gasteiger partial charge >= 0.3 is 0 Å². The number of rotatable bonds is 0. The second-order valence-corrected chi connectivity index (χ2v) is 3.91. The molecule has 0 bridgehead atoms. The Morgan fingerprint density at radius 2 is 1.79 bits per heavy atom. The van der Waals surface area contributed by atoms with Gasteiger partial charge in [0.25, 0.3) is 0 Å². The minimum atomic E-state index is 1.08. The smallest absolute Gasteiger partial charge is 0.116 e. The van der Waals surface area contributed by atoms with Gasteiger partial charge in [0.2, 0.25) is 0 Å². The van der Waals surface area contributed by atoms with Crippen LogP contribution in [-0.4, -0.2) is 9.97 Å². The van der Waals surface area contributed by atoms with E-state index in [1.165, 1.54) is 42.2 Å². The lowest BCUT2D eigenvalue weighted by molar-refractivity contribution is 0.687. The van der Waals surface area contributed by atoms with Crippen LogP contribution in [0, 0.1) is 0 Å². The minimum Gasteiger partial charge on any atom is -0.244 e. The monoisotopic (exact) mass is 184 g/mol. The molecule has 0 fully saturated rings. The predicted molar refractivity (Wildman–Crippen MR) is 56.2 cm³/mol. The van der Waals surface area contributed by atoms with Gasteiger partial charge in [0, 0.05) is 11.6 Å². The first kappa shape index (κ1) is 7.92. The molecule has 70 valence electrons. The van der Waals surface area contributed by atoms with Gasteiger partial charge < -0.3 is 0 Å². The van der Waals surface area contributed by atoms with E-state index in [1.54, 1.807) is 6.33 Å². The van der Waals surface area contributed by atoms with Gasteiger partial charge in [-0.25, -0.2) is 9.97 Å². The van der Waals surface area contributed by atoms with E-state index < -0.39 is 0 Å². The summed E-state index contributed by atoms with van der Waals surface area (Å²) < 4.78 is 0. The molecule has 0 aliphatic heterocycles. The van der Waals surface area contributed by atoms with E-state index in [0.717, 1.165) is 5.52 Å². The summed E-state index contributed by atoms with van der Waals surface area (Å²) in [6, 6.07) is 4.48. The first-order valence-electron chi connectivity index (χ1n) is 5.15. The number of aromatic nitrogens is 2. The molecular formula is C12H12N2. The van der Waals surface area contributed by atoms with E-state index in [-0.39, 0.29) is 0 Å². The third-order valence-corrected chi connectivity index (χ3v) is 2.97. The summed E-state index contributed by atoms with van der Waals surface area (Å²) in [6.45, 7) is 0. The lowest BCUT2D eigenvalue weighted by Gasteiger charge is -2.15. The van der Waals surface area contributed by atoms with Gasteiger partial charge in [0.15, 0.2) is 0 Å². The molecule has 0 atom stereocenters. The molecule has 2 aromatic rings. The molecule has 1 heterocycles. The summed E-state index contributed by atoms with van der Waals surface area (Å²) >= 11 is 0. The molecule has 3 rings (SSSR count).